The van der Waals surface area contributed by atoms with E-state index in [9.17, 15) is 13.2 Å². The number of rotatable bonds is 8. The lowest BCUT2D eigenvalue weighted by atomic mass is 9.97. The molecule has 0 radical (unpaired) electrons. The van der Waals surface area contributed by atoms with Crippen molar-refractivity contribution in [2.75, 3.05) is 13.9 Å². The fraction of sp³-hybridized carbons (Fsp3) is 0.278. The van der Waals surface area contributed by atoms with E-state index in [0.29, 0.717) is 11.3 Å². The Hall–Kier alpha value is -2.22. The van der Waals surface area contributed by atoms with Gasteiger partial charge in [-0.25, -0.2) is 0 Å². The lowest BCUT2D eigenvalue weighted by molar-refractivity contribution is 0.0510. The summed E-state index contributed by atoms with van der Waals surface area (Å²) in [6.45, 7) is 2.91. The minimum absolute atomic E-state index is 0.0568. The molecule has 2 aromatic rings. The Balaban J connectivity index is 2.18. The van der Waals surface area contributed by atoms with Crippen LogP contribution in [0.3, 0.4) is 0 Å². The van der Waals surface area contributed by atoms with Gasteiger partial charge < -0.3 is 9.47 Å². The predicted octanol–water partition coefficient (Wildman–Crippen LogP) is 3.04. The molecule has 0 amide bonds. The van der Waals surface area contributed by atoms with Gasteiger partial charge in [0.25, 0.3) is 10.1 Å². The van der Waals surface area contributed by atoms with Gasteiger partial charge in [0.05, 0.1) is 4.90 Å². The number of methoxy groups -OCH3 is 1. The molecule has 0 heterocycles. The van der Waals surface area contributed by atoms with E-state index in [0.717, 1.165) is 0 Å². The molecule has 25 heavy (non-hydrogen) atoms. The van der Waals surface area contributed by atoms with E-state index in [4.69, 9.17) is 13.7 Å². The molecule has 0 atom stereocenters. The van der Waals surface area contributed by atoms with Gasteiger partial charge in [0.2, 0.25) is 0 Å². The average Bonchev–Trinajstić information content (AvgIpc) is 2.59. The van der Waals surface area contributed by atoms with Crippen molar-refractivity contribution < 1.29 is 26.9 Å². The van der Waals surface area contributed by atoms with Gasteiger partial charge in [-0.15, -0.1) is 0 Å². The quantitative estimate of drug-likeness (QED) is 0.407. The number of ether oxygens (including phenoxy) is 2. The summed E-state index contributed by atoms with van der Waals surface area (Å²) in [6.07, 6.45) is 0. The van der Waals surface area contributed by atoms with Crippen LogP contribution in [-0.2, 0) is 19.0 Å². The molecule has 2 aromatic carbocycles. The number of hydrogen-bond donors (Lipinski definition) is 0. The molecule has 0 aliphatic carbocycles. The van der Waals surface area contributed by atoms with Crippen LogP contribution in [0.1, 0.15) is 24.2 Å². The van der Waals surface area contributed by atoms with Crippen LogP contribution in [0.2, 0.25) is 0 Å². The van der Waals surface area contributed by atoms with Crippen LogP contribution < -0.4 is 4.74 Å². The predicted molar refractivity (Wildman–Crippen MR) is 92.1 cm³/mol. The lowest BCUT2D eigenvalue weighted by Crippen LogP contribution is -2.37. The molecule has 7 heteroatoms. The van der Waals surface area contributed by atoms with Gasteiger partial charge >= 0.3 is 0 Å². The summed E-state index contributed by atoms with van der Waals surface area (Å²) in [5.74, 6) is 0.0390. The molecule has 0 aliphatic heterocycles. The molecule has 2 rings (SSSR count). The van der Waals surface area contributed by atoms with Crippen LogP contribution in [0.5, 0.6) is 5.75 Å². The van der Waals surface area contributed by atoms with Gasteiger partial charge in [-0.3, -0.25) is 8.98 Å². The molecular weight excluding hydrogens is 344 g/mol. The van der Waals surface area contributed by atoms with Crippen molar-refractivity contribution in [3.05, 3.63) is 60.2 Å². The Kier molecular flexibility index (Phi) is 5.94. The zero-order valence-electron chi connectivity index (χ0n) is 14.3. The first-order valence-corrected chi connectivity index (χ1v) is 8.94. The summed E-state index contributed by atoms with van der Waals surface area (Å²) in [4.78, 5) is 12.5. The second-order valence-electron chi connectivity index (χ2n) is 5.77. The topological polar surface area (TPSA) is 78.9 Å². The van der Waals surface area contributed by atoms with Crippen molar-refractivity contribution in [3.63, 3.8) is 0 Å². The third kappa shape index (κ3) is 4.88. The first kappa shape index (κ1) is 19.1. The van der Waals surface area contributed by atoms with E-state index in [1.165, 1.54) is 45.2 Å². The van der Waals surface area contributed by atoms with E-state index in [2.05, 4.69) is 0 Å². The van der Waals surface area contributed by atoms with Crippen LogP contribution in [0.25, 0.3) is 0 Å². The Morgan fingerprint density at radius 1 is 1.00 bits per heavy atom. The Morgan fingerprint density at radius 3 is 2.16 bits per heavy atom. The van der Waals surface area contributed by atoms with Gasteiger partial charge in [0, 0.05) is 12.7 Å². The molecule has 0 saturated carbocycles. The molecular formula is C18H20O6S. The summed E-state index contributed by atoms with van der Waals surface area (Å²) >= 11 is 0. The van der Waals surface area contributed by atoms with Gasteiger partial charge in [-0.2, -0.15) is 8.42 Å². The number of carbonyl (C=O) groups excluding carboxylic acids is 1. The first-order chi connectivity index (χ1) is 11.8. The Bertz CT molecular complexity index is 810. The highest BCUT2D eigenvalue weighted by molar-refractivity contribution is 7.86. The smallest absolute Gasteiger partial charge is 0.297 e. The van der Waals surface area contributed by atoms with E-state index in [-0.39, 0.29) is 11.7 Å². The molecule has 6 nitrogen and oxygen atoms in total. The molecule has 0 aromatic heterocycles. The molecule has 0 aliphatic rings. The van der Waals surface area contributed by atoms with Crippen LogP contribution in [0.15, 0.2) is 59.5 Å². The molecule has 0 N–H and O–H groups in total. The molecule has 0 unspecified atom stereocenters. The normalized spacial score (nSPS) is 12.0. The third-order valence-electron chi connectivity index (χ3n) is 3.36. The summed E-state index contributed by atoms with van der Waals surface area (Å²) in [6, 6.07) is 14.1. The van der Waals surface area contributed by atoms with E-state index >= 15 is 0 Å². The van der Waals surface area contributed by atoms with E-state index in [1.807, 2.05) is 0 Å². The molecule has 0 bridgehead atoms. The minimum Gasteiger partial charge on any atom is -0.468 e. The fourth-order valence-electron chi connectivity index (χ4n) is 2.13. The maximum Gasteiger partial charge on any atom is 0.297 e. The largest absolute Gasteiger partial charge is 0.468 e. The number of Topliss-reactive ketones (excluding diaryl/α,β-unsaturated/α-hetero) is 1. The van der Waals surface area contributed by atoms with Gasteiger partial charge in [-0.05, 0) is 38.1 Å². The van der Waals surface area contributed by atoms with Crippen LogP contribution in [0.4, 0.5) is 0 Å². The monoisotopic (exact) mass is 364 g/mol. The fourth-order valence-corrected chi connectivity index (χ4v) is 3.32. The van der Waals surface area contributed by atoms with Gasteiger partial charge in [-0.1, -0.05) is 30.3 Å². The van der Waals surface area contributed by atoms with Crippen LogP contribution in [0, 0.1) is 0 Å². The molecule has 0 saturated heterocycles. The number of benzene rings is 2. The SMILES string of the molecule is COCOc1ccc(S(=O)(=O)OC(C)(C)C(=O)c2ccccc2)cc1. The Labute approximate surface area is 147 Å². The number of ketones is 1. The minimum atomic E-state index is -4.12. The first-order valence-electron chi connectivity index (χ1n) is 7.53. The molecule has 0 fully saturated rings. The maximum absolute atomic E-state index is 12.5. The second-order valence-corrected chi connectivity index (χ2v) is 7.31. The van der Waals surface area contributed by atoms with E-state index < -0.39 is 21.5 Å². The zero-order valence-corrected chi connectivity index (χ0v) is 15.1. The standard InChI is InChI=1S/C18H20O6S/c1-18(2,17(19)14-7-5-4-6-8-14)24-25(20,21)16-11-9-15(10-12-16)23-13-22-3/h4-12H,13H2,1-3H3. The number of hydrogen-bond acceptors (Lipinski definition) is 6. The van der Waals surface area contributed by atoms with Crippen molar-refractivity contribution in [1.29, 1.82) is 0 Å². The van der Waals surface area contributed by atoms with Crippen molar-refractivity contribution in [3.8, 4) is 5.75 Å². The van der Waals surface area contributed by atoms with E-state index in [1.54, 1.807) is 30.3 Å². The highest BCUT2D eigenvalue weighted by Gasteiger charge is 2.35. The zero-order chi connectivity index (χ0) is 18.5. The summed E-state index contributed by atoms with van der Waals surface area (Å²) in [7, 11) is -2.63. The molecule has 134 valence electrons. The van der Waals surface area contributed by atoms with Crippen molar-refractivity contribution in [2.45, 2.75) is 24.3 Å². The highest BCUT2D eigenvalue weighted by atomic mass is 32.2. The third-order valence-corrected chi connectivity index (χ3v) is 4.84. The number of carbonyl (C=O) groups is 1. The van der Waals surface area contributed by atoms with Crippen molar-refractivity contribution in [2.24, 2.45) is 0 Å². The summed E-state index contributed by atoms with van der Waals surface area (Å²) in [5, 5.41) is 0. The van der Waals surface area contributed by atoms with Gasteiger partial charge in [0.15, 0.2) is 12.6 Å². The summed E-state index contributed by atoms with van der Waals surface area (Å²) < 4.78 is 40.1. The van der Waals surface area contributed by atoms with Crippen LogP contribution >= 0.6 is 0 Å². The van der Waals surface area contributed by atoms with Crippen LogP contribution in [-0.4, -0.2) is 33.7 Å². The van der Waals surface area contributed by atoms with Crippen molar-refractivity contribution >= 4 is 15.9 Å². The highest BCUT2D eigenvalue weighted by Crippen LogP contribution is 2.25. The Morgan fingerprint density at radius 2 is 1.60 bits per heavy atom. The maximum atomic E-state index is 12.5. The summed E-state index contributed by atoms with van der Waals surface area (Å²) in [5.41, 5.74) is -1.16. The van der Waals surface area contributed by atoms with Gasteiger partial charge in [0.1, 0.15) is 11.4 Å². The molecule has 0 spiro atoms. The lowest BCUT2D eigenvalue weighted by Gasteiger charge is -2.23. The average molecular weight is 364 g/mol. The second kappa shape index (κ2) is 7.77. The van der Waals surface area contributed by atoms with Crippen molar-refractivity contribution in [1.82, 2.24) is 0 Å².